The number of carbonyl (C=O) groups is 1. The van der Waals surface area contributed by atoms with E-state index in [1.165, 1.54) is 12.8 Å². The van der Waals surface area contributed by atoms with Gasteiger partial charge in [0.2, 0.25) is 0 Å². The third kappa shape index (κ3) is 4.45. The Bertz CT molecular complexity index is 484. The Labute approximate surface area is 134 Å². The van der Waals surface area contributed by atoms with Gasteiger partial charge in [0.15, 0.2) is 0 Å². The Morgan fingerprint density at radius 3 is 2.52 bits per heavy atom. The van der Waals surface area contributed by atoms with Gasteiger partial charge in [0.25, 0.3) is 0 Å². The van der Waals surface area contributed by atoms with E-state index in [1.807, 2.05) is 18.2 Å². The maximum atomic E-state index is 11.3. The zero-order chi connectivity index (χ0) is 15.2. The molecule has 0 radical (unpaired) electrons. The number of halogens is 1. The molecule has 21 heavy (non-hydrogen) atoms. The summed E-state index contributed by atoms with van der Waals surface area (Å²) < 4.78 is 6.12. The Morgan fingerprint density at radius 1 is 1.33 bits per heavy atom. The predicted molar refractivity (Wildman–Crippen MR) is 85.7 cm³/mol. The molecule has 1 fully saturated rings. The molecule has 1 aromatic rings. The number of nitrogens with zero attached hydrogens (tertiary/aromatic N) is 1. The molecule has 0 aliphatic carbocycles. The van der Waals surface area contributed by atoms with Crippen molar-refractivity contribution in [3.05, 3.63) is 28.2 Å². The van der Waals surface area contributed by atoms with Crippen LogP contribution in [-0.4, -0.2) is 36.2 Å². The van der Waals surface area contributed by atoms with Crippen LogP contribution in [-0.2, 0) is 4.79 Å². The molecule has 1 unspecified atom stereocenters. The Morgan fingerprint density at radius 2 is 2.00 bits per heavy atom. The van der Waals surface area contributed by atoms with Crippen LogP contribution in [0.2, 0.25) is 0 Å². The number of hydrogen-bond acceptors (Lipinski definition) is 3. The molecule has 0 saturated carbocycles. The van der Waals surface area contributed by atoms with Gasteiger partial charge in [0.05, 0.1) is 18.0 Å². The van der Waals surface area contributed by atoms with Crippen LogP contribution >= 0.6 is 15.9 Å². The highest BCUT2D eigenvalue weighted by Gasteiger charge is 2.24. The van der Waals surface area contributed by atoms with Gasteiger partial charge in [-0.15, -0.1) is 0 Å². The number of hydrogen-bond donors (Lipinski definition) is 1. The normalized spacial score (nSPS) is 18.0. The SMILES string of the molecule is COc1ccc(C(CC(=O)O)N2CCCCCC2)cc1Br. The molecule has 5 heteroatoms. The van der Waals surface area contributed by atoms with Crippen molar-refractivity contribution in [3.8, 4) is 5.75 Å². The number of carboxylic acid groups (broad SMARTS) is 1. The number of rotatable bonds is 5. The van der Waals surface area contributed by atoms with Crippen LogP contribution in [0.1, 0.15) is 43.7 Å². The molecule has 1 saturated heterocycles. The van der Waals surface area contributed by atoms with Gasteiger partial charge in [-0.3, -0.25) is 9.69 Å². The minimum Gasteiger partial charge on any atom is -0.496 e. The van der Waals surface area contributed by atoms with E-state index >= 15 is 0 Å². The van der Waals surface area contributed by atoms with E-state index in [0.717, 1.165) is 41.7 Å². The van der Waals surface area contributed by atoms with Crippen LogP contribution in [0.5, 0.6) is 5.75 Å². The lowest BCUT2D eigenvalue weighted by Gasteiger charge is -2.30. The molecule has 1 aromatic carbocycles. The summed E-state index contributed by atoms with van der Waals surface area (Å²) in [7, 11) is 1.63. The van der Waals surface area contributed by atoms with Gasteiger partial charge in [0.1, 0.15) is 5.75 Å². The molecule has 0 bridgehead atoms. The smallest absolute Gasteiger partial charge is 0.305 e. The lowest BCUT2D eigenvalue weighted by Crippen LogP contribution is -2.31. The highest BCUT2D eigenvalue weighted by molar-refractivity contribution is 9.10. The predicted octanol–water partition coefficient (Wildman–Crippen LogP) is 3.85. The Hall–Kier alpha value is -1.07. The molecule has 1 aliphatic heterocycles. The highest BCUT2D eigenvalue weighted by Crippen LogP contribution is 2.33. The molecule has 1 aliphatic rings. The van der Waals surface area contributed by atoms with Crippen molar-refractivity contribution in [2.75, 3.05) is 20.2 Å². The van der Waals surface area contributed by atoms with Crippen LogP contribution in [0.4, 0.5) is 0 Å². The van der Waals surface area contributed by atoms with Gasteiger partial charge >= 0.3 is 5.97 Å². The zero-order valence-corrected chi connectivity index (χ0v) is 13.9. The molecule has 2 rings (SSSR count). The summed E-state index contributed by atoms with van der Waals surface area (Å²) in [6.07, 6.45) is 4.91. The largest absolute Gasteiger partial charge is 0.496 e. The topological polar surface area (TPSA) is 49.8 Å². The van der Waals surface area contributed by atoms with E-state index in [4.69, 9.17) is 4.74 Å². The summed E-state index contributed by atoms with van der Waals surface area (Å²) in [5, 5.41) is 9.25. The maximum Gasteiger partial charge on any atom is 0.305 e. The standard InChI is InChI=1S/C16H22BrNO3/c1-21-15-7-6-12(10-13(15)17)14(11-16(19)20)18-8-4-2-3-5-9-18/h6-7,10,14H,2-5,8-9,11H2,1H3,(H,19,20). The fourth-order valence-corrected chi connectivity index (χ4v) is 3.48. The first kappa shape index (κ1) is 16.3. The van der Waals surface area contributed by atoms with Crippen LogP contribution < -0.4 is 4.74 Å². The average molecular weight is 356 g/mol. The average Bonchev–Trinajstić information content (AvgIpc) is 2.73. The summed E-state index contributed by atoms with van der Waals surface area (Å²) in [4.78, 5) is 13.6. The maximum absolute atomic E-state index is 11.3. The molecular weight excluding hydrogens is 334 g/mol. The van der Waals surface area contributed by atoms with E-state index in [2.05, 4.69) is 20.8 Å². The zero-order valence-electron chi connectivity index (χ0n) is 12.3. The number of likely N-dealkylation sites (tertiary alicyclic amines) is 1. The lowest BCUT2D eigenvalue weighted by molar-refractivity contribution is -0.138. The van der Waals surface area contributed by atoms with E-state index in [-0.39, 0.29) is 12.5 Å². The monoisotopic (exact) mass is 355 g/mol. The third-order valence-corrected chi connectivity index (χ3v) is 4.63. The summed E-state index contributed by atoms with van der Waals surface area (Å²) in [5.41, 5.74) is 1.03. The number of aliphatic carboxylic acids is 1. The fraction of sp³-hybridized carbons (Fsp3) is 0.562. The van der Waals surface area contributed by atoms with E-state index in [0.29, 0.717) is 0 Å². The molecule has 0 amide bonds. The van der Waals surface area contributed by atoms with E-state index < -0.39 is 5.97 Å². The number of methoxy groups -OCH3 is 1. The minimum atomic E-state index is -0.754. The third-order valence-electron chi connectivity index (χ3n) is 4.01. The Kier molecular flexibility index (Phi) is 6.06. The van der Waals surface area contributed by atoms with Crippen molar-refractivity contribution in [2.45, 2.75) is 38.1 Å². The molecule has 1 N–H and O–H groups in total. The van der Waals surface area contributed by atoms with Gasteiger partial charge in [-0.2, -0.15) is 0 Å². The van der Waals surface area contributed by atoms with Crippen LogP contribution in [0, 0.1) is 0 Å². The number of ether oxygens (including phenoxy) is 1. The van der Waals surface area contributed by atoms with Gasteiger partial charge in [-0.05, 0) is 59.6 Å². The first-order chi connectivity index (χ1) is 10.1. The summed E-state index contributed by atoms with van der Waals surface area (Å²) in [5.74, 6) is 0.0138. The lowest BCUT2D eigenvalue weighted by atomic mass is 10.0. The highest BCUT2D eigenvalue weighted by atomic mass is 79.9. The van der Waals surface area contributed by atoms with Crippen molar-refractivity contribution < 1.29 is 14.6 Å². The summed E-state index contributed by atoms with van der Waals surface area (Å²) in [6.45, 7) is 1.95. The van der Waals surface area contributed by atoms with E-state index in [9.17, 15) is 9.90 Å². The summed E-state index contributed by atoms with van der Waals surface area (Å²) in [6, 6.07) is 5.79. The van der Waals surface area contributed by atoms with Gasteiger partial charge in [0, 0.05) is 6.04 Å². The first-order valence-electron chi connectivity index (χ1n) is 7.41. The van der Waals surface area contributed by atoms with Crippen molar-refractivity contribution >= 4 is 21.9 Å². The van der Waals surface area contributed by atoms with Crippen molar-refractivity contribution in [1.29, 1.82) is 0 Å². The summed E-state index contributed by atoms with van der Waals surface area (Å²) >= 11 is 3.49. The number of benzene rings is 1. The second-order valence-corrected chi connectivity index (χ2v) is 6.31. The Balaban J connectivity index is 2.25. The van der Waals surface area contributed by atoms with Crippen molar-refractivity contribution in [2.24, 2.45) is 0 Å². The minimum absolute atomic E-state index is 0.0668. The number of carboxylic acids is 1. The molecule has 4 nitrogen and oxygen atoms in total. The van der Waals surface area contributed by atoms with Gasteiger partial charge < -0.3 is 9.84 Å². The van der Waals surface area contributed by atoms with Gasteiger partial charge in [-0.25, -0.2) is 0 Å². The van der Waals surface area contributed by atoms with Crippen molar-refractivity contribution in [3.63, 3.8) is 0 Å². The molecule has 1 atom stereocenters. The second kappa shape index (κ2) is 7.80. The van der Waals surface area contributed by atoms with Crippen LogP contribution in [0.15, 0.2) is 22.7 Å². The first-order valence-corrected chi connectivity index (χ1v) is 8.20. The molecule has 116 valence electrons. The molecule has 0 aromatic heterocycles. The molecule has 1 heterocycles. The molecule has 0 spiro atoms. The molecular formula is C16H22BrNO3. The van der Waals surface area contributed by atoms with Crippen LogP contribution in [0.3, 0.4) is 0 Å². The fourth-order valence-electron chi connectivity index (χ4n) is 2.92. The van der Waals surface area contributed by atoms with Crippen LogP contribution in [0.25, 0.3) is 0 Å². The van der Waals surface area contributed by atoms with Gasteiger partial charge in [-0.1, -0.05) is 18.9 Å². The van der Waals surface area contributed by atoms with E-state index in [1.54, 1.807) is 7.11 Å². The quantitative estimate of drug-likeness (QED) is 0.871. The second-order valence-electron chi connectivity index (χ2n) is 5.46. The van der Waals surface area contributed by atoms with Crippen molar-refractivity contribution in [1.82, 2.24) is 4.90 Å².